The van der Waals surface area contributed by atoms with Gasteiger partial charge in [0.25, 0.3) is 0 Å². The zero-order chi connectivity index (χ0) is 14.0. The summed E-state index contributed by atoms with van der Waals surface area (Å²) in [5, 5.41) is 0. The molecule has 2 rings (SSSR count). The van der Waals surface area contributed by atoms with E-state index in [0.29, 0.717) is 12.1 Å². The van der Waals surface area contributed by atoms with E-state index in [1.165, 1.54) is 29.1 Å². The molecule has 1 aliphatic heterocycles. The van der Waals surface area contributed by atoms with Gasteiger partial charge in [-0.15, -0.1) is 11.3 Å². The highest BCUT2D eigenvalue weighted by molar-refractivity contribution is 7.12. The third-order valence-electron chi connectivity index (χ3n) is 4.71. The molecule has 2 heterocycles. The number of aryl methyl sites for hydroxylation is 1. The number of hydrogen-bond acceptors (Lipinski definition) is 3. The fourth-order valence-corrected chi connectivity index (χ4v) is 4.29. The van der Waals surface area contributed by atoms with E-state index >= 15 is 0 Å². The Morgan fingerprint density at radius 1 is 1.42 bits per heavy atom. The van der Waals surface area contributed by atoms with E-state index in [-0.39, 0.29) is 6.04 Å². The molecule has 0 spiro atoms. The molecular formula is C16H28N2S. The molecule has 0 amide bonds. The molecule has 2 nitrogen and oxygen atoms in total. The summed E-state index contributed by atoms with van der Waals surface area (Å²) in [6.45, 7) is 10.3. The maximum Gasteiger partial charge on any atom is 0.0595 e. The second-order valence-electron chi connectivity index (χ2n) is 6.06. The minimum absolute atomic E-state index is 0.241. The van der Waals surface area contributed by atoms with Crippen LogP contribution >= 0.6 is 11.3 Å². The summed E-state index contributed by atoms with van der Waals surface area (Å²) in [5.41, 5.74) is 6.46. The van der Waals surface area contributed by atoms with Crippen LogP contribution in [0.15, 0.2) is 12.1 Å². The summed E-state index contributed by atoms with van der Waals surface area (Å²) in [4.78, 5) is 5.50. The van der Waals surface area contributed by atoms with E-state index in [1.54, 1.807) is 0 Å². The van der Waals surface area contributed by atoms with Crippen LogP contribution in [0.5, 0.6) is 0 Å². The van der Waals surface area contributed by atoms with Crippen molar-refractivity contribution in [3.8, 4) is 0 Å². The van der Waals surface area contributed by atoms with Crippen LogP contribution in [0, 0.1) is 12.8 Å². The molecular weight excluding hydrogens is 252 g/mol. The normalized spacial score (nSPS) is 28.3. The Morgan fingerprint density at radius 2 is 2.16 bits per heavy atom. The van der Waals surface area contributed by atoms with Gasteiger partial charge in [-0.1, -0.05) is 13.8 Å². The highest BCUT2D eigenvalue weighted by Crippen LogP contribution is 2.36. The quantitative estimate of drug-likeness (QED) is 0.904. The monoisotopic (exact) mass is 280 g/mol. The zero-order valence-electron chi connectivity index (χ0n) is 12.7. The zero-order valence-corrected chi connectivity index (χ0v) is 13.5. The average Bonchev–Trinajstić information content (AvgIpc) is 2.81. The lowest BCUT2D eigenvalue weighted by atomic mass is 9.88. The highest BCUT2D eigenvalue weighted by atomic mass is 32.1. The summed E-state index contributed by atoms with van der Waals surface area (Å²) < 4.78 is 0. The maximum absolute atomic E-state index is 6.46. The van der Waals surface area contributed by atoms with Gasteiger partial charge in [0.2, 0.25) is 0 Å². The lowest BCUT2D eigenvalue weighted by molar-refractivity contribution is 0.0562. The number of rotatable bonds is 4. The first-order valence-electron chi connectivity index (χ1n) is 7.62. The topological polar surface area (TPSA) is 29.3 Å². The van der Waals surface area contributed by atoms with Crippen molar-refractivity contribution in [2.45, 2.75) is 65.1 Å². The molecule has 0 bridgehead atoms. The van der Waals surface area contributed by atoms with Gasteiger partial charge in [0, 0.05) is 21.8 Å². The van der Waals surface area contributed by atoms with Gasteiger partial charge in [0.15, 0.2) is 0 Å². The van der Waals surface area contributed by atoms with Gasteiger partial charge in [-0.05, 0) is 57.7 Å². The predicted molar refractivity (Wildman–Crippen MR) is 84.6 cm³/mol. The van der Waals surface area contributed by atoms with Gasteiger partial charge in [0.05, 0.1) is 6.04 Å². The summed E-state index contributed by atoms with van der Waals surface area (Å²) in [6.07, 6.45) is 3.71. The van der Waals surface area contributed by atoms with Crippen molar-refractivity contribution in [3.05, 3.63) is 21.9 Å². The van der Waals surface area contributed by atoms with E-state index in [9.17, 15) is 0 Å². The first-order valence-corrected chi connectivity index (χ1v) is 8.44. The summed E-state index contributed by atoms with van der Waals surface area (Å²) in [6, 6.07) is 5.80. The van der Waals surface area contributed by atoms with Crippen LogP contribution in [0.2, 0.25) is 0 Å². The lowest BCUT2D eigenvalue weighted by Crippen LogP contribution is -2.49. The molecule has 0 saturated carbocycles. The number of hydrogen-bond donors (Lipinski definition) is 1. The molecule has 1 aliphatic rings. The molecule has 0 radical (unpaired) electrons. The molecule has 4 atom stereocenters. The third kappa shape index (κ3) is 3.21. The fourth-order valence-electron chi connectivity index (χ4n) is 3.22. The second kappa shape index (κ2) is 6.38. The van der Waals surface area contributed by atoms with Crippen LogP contribution in [0.4, 0.5) is 0 Å². The van der Waals surface area contributed by atoms with Gasteiger partial charge in [-0.3, -0.25) is 4.90 Å². The Kier molecular flexibility index (Phi) is 5.04. The molecule has 2 N–H and O–H groups in total. The van der Waals surface area contributed by atoms with Gasteiger partial charge < -0.3 is 5.73 Å². The molecule has 0 aromatic carbocycles. The first kappa shape index (κ1) is 15.0. The lowest BCUT2D eigenvalue weighted by Gasteiger charge is -2.44. The third-order valence-corrected chi connectivity index (χ3v) is 5.78. The van der Waals surface area contributed by atoms with Crippen molar-refractivity contribution in [2.75, 3.05) is 6.54 Å². The Hall–Kier alpha value is -0.380. The highest BCUT2D eigenvalue weighted by Gasteiger charge is 2.34. The molecule has 3 heteroatoms. The number of piperidine rings is 1. The van der Waals surface area contributed by atoms with Crippen molar-refractivity contribution < 1.29 is 0 Å². The molecule has 1 aromatic heterocycles. The Labute approximate surface area is 122 Å². The van der Waals surface area contributed by atoms with Gasteiger partial charge in [-0.25, -0.2) is 0 Å². The molecule has 4 unspecified atom stereocenters. The van der Waals surface area contributed by atoms with Crippen LogP contribution in [-0.4, -0.2) is 23.5 Å². The van der Waals surface area contributed by atoms with Crippen LogP contribution in [0.3, 0.4) is 0 Å². The molecule has 108 valence electrons. The number of thiophene rings is 1. The van der Waals surface area contributed by atoms with Crippen LogP contribution in [0.25, 0.3) is 0 Å². The van der Waals surface area contributed by atoms with E-state index < -0.39 is 0 Å². The minimum Gasteiger partial charge on any atom is -0.326 e. The van der Waals surface area contributed by atoms with Gasteiger partial charge in [0.1, 0.15) is 0 Å². The summed E-state index contributed by atoms with van der Waals surface area (Å²) in [5.74, 6) is 0.779. The summed E-state index contributed by atoms with van der Waals surface area (Å²) in [7, 11) is 0. The molecule has 1 aromatic rings. The van der Waals surface area contributed by atoms with Gasteiger partial charge >= 0.3 is 0 Å². The molecule has 19 heavy (non-hydrogen) atoms. The Bertz CT molecular complexity index is 401. The van der Waals surface area contributed by atoms with E-state index in [0.717, 1.165) is 12.3 Å². The number of likely N-dealkylation sites (tertiary alicyclic amines) is 1. The van der Waals surface area contributed by atoms with Crippen molar-refractivity contribution in [2.24, 2.45) is 11.7 Å². The Morgan fingerprint density at radius 3 is 2.74 bits per heavy atom. The number of nitrogens with two attached hydrogens (primary N) is 1. The minimum atomic E-state index is 0.241. The van der Waals surface area contributed by atoms with Crippen molar-refractivity contribution in [1.29, 1.82) is 0 Å². The molecule has 0 aliphatic carbocycles. The smallest absolute Gasteiger partial charge is 0.0595 e. The van der Waals surface area contributed by atoms with Crippen molar-refractivity contribution in [3.63, 3.8) is 0 Å². The Balaban J connectivity index is 2.27. The van der Waals surface area contributed by atoms with E-state index in [4.69, 9.17) is 5.73 Å². The van der Waals surface area contributed by atoms with E-state index in [1.807, 2.05) is 11.3 Å². The molecule has 1 fully saturated rings. The van der Waals surface area contributed by atoms with Crippen LogP contribution in [0.1, 0.15) is 55.8 Å². The van der Waals surface area contributed by atoms with Crippen molar-refractivity contribution in [1.82, 2.24) is 4.90 Å². The van der Waals surface area contributed by atoms with Gasteiger partial charge in [-0.2, -0.15) is 0 Å². The van der Waals surface area contributed by atoms with Crippen LogP contribution < -0.4 is 5.73 Å². The van der Waals surface area contributed by atoms with Crippen molar-refractivity contribution >= 4 is 11.3 Å². The number of nitrogens with zero attached hydrogens (tertiary/aromatic N) is 1. The SMILES string of the molecule is CCC(N)C(c1ccc(C)s1)N1CCCC(C)C1C. The van der Waals surface area contributed by atoms with Crippen LogP contribution in [-0.2, 0) is 0 Å². The maximum atomic E-state index is 6.46. The molecule has 1 saturated heterocycles. The average molecular weight is 280 g/mol. The fraction of sp³-hybridized carbons (Fsp3) is 0.750. The second-order valence-corrected chi connectivity index (χ2v) is 7.38. The van der Waals surface area contributed by atoms with E-state index in [2.05, 4.69) is 44.7 Å². The summed E-state index contributed by atoms with van der Waals surface area (Å²) >= 11 is 1.91. The standard InChI is InChI=1S/C16H28N2S/c1-5-14(17)16(15-9-8-12(3)19-15)18-10-6-7-11(2)13(18)4/h8-9,11,13-14,16H,5-7,10,17H2,1-4H3. The first-order chi connectivity index (χ1) is 9.04. The predicted octanol–water partition coefficient (Wildman–Crippen LogP) is 3.96. The largest absolute Gasteiger partial charge is 0.326 e.